The Morgan fingerprint density at radius 1 is 1.07 bits per heavy atom. The Kier molecular flexibility index (Phi) is 4.68. The lowest BCUT2D eigenvalue weighted by Gasteiger charge is -2.59. The summed E-state index contributed by atoms with van der Waals surface area (Å²) >= 11 is 0. The van der Waals surface area contributed by atoms with Crippen molar-refractivity contribution in [2.75, 3.05) is 39.4 Å². The molecule has 27 heavy (non-hydrogen) atoms. The predicted octanol–water partition coefficient (Wildman–Crippen LogP) is 2.82. The van der Waals surface area contributed by atoms with E-state index in [0.717, 1.165) is 38.1 Å². The molecule has 5 heteroatoms. The summed E-state index contributed by atoms with van der Waals surface area (Å²) < 4.78 is 6.02. The predicted molar refractivity (Wildman–Crippen MR) is 103 cm³/mol. The van der Waals surface area contributed by atoms with Gasteiger partial charge < -0.3 is 9.64 Å². The molecule has 2 aliphatic heterocycles. The molecule has 0 radical (unpaired) electrons. The molecule has 0 aromatic carbocycles. The topological polar surface area (TPSA) is 45.7 Å². The number of likely N-dealkylation sites (tertiary alicyclic amines) is 2. The molecule has 4 fully saturated rings. The number of pyridine rings is 1. The summed E-state index contributed by atoms with van der Waals surface area (Å²) in [4.78, 5) is 21.7. The molecule has 3 heterocycles. The summed E-state index contributed by atoms with van der Waals surface area (Å²) in [5, 5.41) is 0. The van der Waals surface area contributed by atoms with Crippen LogP contribution in [0.1, 0.15) is 49.0 Å². The van der Waals surface area contributed by atoms with Crippen molar-refractivity contribution in [3.8, 4) is 0 Å². The number of piperidine rings is 1. The minimum absolute atomic E-state index is 0.0831. The van der Waals surface area contributed by atoms with Gasteiger partial charge in [0.05, 0.1) is 5.54 Å². The molecule has 1 aromatic rings. The lowest BCUT2D eigenvalue weighted by atomic mass is 9.74. The van der Waals surface area contributed by atoms with E-state index in [-0.39, 0.29) is 11.4 Å². The molecule has 1 atom stereocenters. The van der Waals surface area contributed by atoms with Crippen LogP contribution in [0, 0.1) is 17.8 Å². The molecule has 2 aliphatic carbocycles. The van der Waals surface area contributed by atoms with Gasteiger partial charge in [-0.2, -0.15) is 0 Å². The quantitative estimate of drug-likeness (QED) is 0.741. The molecule has 0 N–H and O–H groups in total. The molecule has 1 aromatic heterocycles. The van der Waals surface area contributed by atoms with Crippen LogP contribution >= 0.6 is 0 Å². The van der Waals surface area contributed by atoms with E-state index < -0.39 is 0 Å². The third kappa shape index (κ3) is 3.90. The van der Waals surface area contributed by atoms with Crippen LogP contribution in [0.15, 0.2) is 24.4 Å². The Bertz CT molecular complexity index is 665. The van der Waals surface area contributed by atoms with E-state index in [1.807, 2.05) is 23.1 Å². The fraction of sp³-hybridized carbons (Fsp3) is 0.727. The monoisotopic (exact) mass is 369 g/mol. The zero-order valence-electron chi connectivity index (χ0n) is 16.2. The number of carbonyl (C=O) groups is 1. The minimum atomic E-state index is 0.0831. The van der Waals surface area contributed by atoms with Crippen LogP contribution in [0.2, 0.25) is 0 Å². The first-order valence-electron chi connectivity index (χ1n) is 10.7. The van der Waals surface area contributed by atoms with Crippen molar-refractivity contribution >= 4 is 5.91 Å². The van der Waals surface area contributed by atoms with Crippen LogP contribution < -0.4 is 0 Å². The lowest BCUT2D eigenvalue weighted by molar-refractivity contribution is -0.0897. The minimum Gasteiger partial charge on any atom is -0.381 e. The molecule has 0 bridgehead atoms. The van der Waals surface area contributed by atoms with E-state index in [4.69, 9.17) is 4.74 Å². The van der Waals surface area contributed by atoms with Crippen molar-refractivity contribution in [2.24, 2.45) is 17.8 Å². The van der Waals surface area contributed by atoms with Crippen LogP contribution in [0.4, 0.5) is 0 Å². The first-order valence-corrected chi connectivity index (χ1v) is 10.7. The second kappa shape index (κ2) is 7.17. The second-order valence-electron chi connectivity index (χ2n) is 9.33. The number of hydrogen-bond acceptors (Lipinski definition) is 4. The summed E-state index contributed by atoms with van der Waals surface area (Å²) in [7, 11) is 0. The van der Waals surface area contributed by atoms with Gasteiger partial charge in [-0.3, -0.25) is 14.7 Å². The number of amides is 1. The molecule has 2 saturated heterocycles. The largest absolute Gasteiger partial charge is 0.381 e. The molecule has 2 saturated carbocycles. The van der Waals surface area contributed by atoms with E-state index in [1.54, 1.807) is 6.20 Å². The van der Waals surface area contributed by atoms with Gasteiger partial charge in [0.15, 0.2) is 0 Å². The highest BCUT2D eigenvalue weighted by molar-refractivity contribution is 5.93. The van der Waals surface area contributed by atoms with Crippen LogP contribution in [0.3, 0.4) is 0 Å². The van der Waals surface area contributed by atoms with Crippen molar-refractivity contribution < 1.29 is 9.53 Å². The van der Waals surface area contributed by atoms with Gasteiger partial charge in [-0.25, -0.2) is 0 Å². The number of hydrogen-bond donors (Lipinski definition) is 0. The molecule has 5 nitrogen and oxygen atoms in total. The molecule has 146 valence electrons. The number of rotatable bonds is 7. The Labute approximate surface area is 162 Å². The molecule has 1 unspecified atom stereocenters. The first-order chi connectivity index (χ1) is 13.2. The highest BCUT2D eigenvalue weighted by Crippen LogP contribution is 2.42. The normalized spacial score (nSPS) is 27.6. The highest BCUT2D eigenvalue weighted by Gasteiger charge is 2.53. The van der Waals surface area contributed by atoms with E-state index in [2.05, 4.69) is 9.88 Å². The number of nitrogens with zero attached hydrogens (tertiary/aromatic N) is 3. The Hall–Kier alpha value is -1.46. The Balaban J connectivity index is 1.21. The van der Waals surface area contributed by atoms with Gasteiger partial charge in [0.2, 0.25) is 0 Å². The van der Waals surface area contributed by atoms with Crippen molar-refractivity contribution in [1.29, 1.82) is 0 Å². The molecule has 1 spiro atoms. The van der Waals surface area contributed by atoms with Gasteiger partial charge in [0, 0.05) is 39.0 Å². The van der Waals surface area contributed by atoms with Gasteiger partial charge in [-0.1, -0.05) is 6.07 Å². The standard InChI is InChI=1S/C22H31N3O2/c26-21(20-3-1-2-9-23-20)24-15-22(16-24)11-19(14-27-13-18-6-7-18)8-10-25(22)12-17-4-5-17/h1-3,9,17-19H,4-8,10-16H2. The summed E-state index contributed by atoms with van der Waals surface area (Å²) in [6.07, 6.45) is 9.61. The second-order valence-corrected chi connectivity index (χ2v) is 9.33. The van der Waals surface area contributed by atoms with Crippen LogP contribution in [0.5, 0.6) is 0 Å². The third-order valence-electron chi connectivity index (χ3n) is 6.87. The van der Waals surface area contributed by atoms with Gasteiger partial charge in [0.25, 0.3) is 5.91 Å². The van der Waals surface area contributed by atoms with Gasteiger partial charge in [-0.05, 0) is 75.0 Å². The average Bonchev–Trinajstić information content (AvgIpc) is 3.57. The Morgan fingerprint density at radius 2 is 1.85 bits per heavy atom. The molecular formula is C22H31N3O2. The number of aromatic nitrogens is 1. The molecular weight excluding hydrogens is 338 g/mol. The average molecular weight is 370 g/mol. The van der Waals surface area contributed by atoms with Crippen LogP contribution in [-0.2, 0) is 4.74 Å². The maximum absolute atomic E-state index is 12.7. The smallest absolute Gasteiger partial charge is 0.272 e. The third-order valence-corrected chi connectivity index (χ3v) is 6.87. The number of ether oxygens (including phenoxy) is 1. The van der Waals surface area contributed by atoms with E-state index in [9.17, 15) is 4.79 Å². The molecule has 4 aliphatic rings. The SMILES string of the molecule is O=C(c1ccccn1)N1CC2(CC(COCC3CC3)CCN2CC2CC2)C1. The fourth-order valence-electron chi connectivity index (χ4n) is 4.86. The van der Waals surface area contributed by atoms with E-state index in [0.29, 0.717) is 11.6 Å². The number of carbonyl (C=O) groups excluding carboxylic acids is 1. The van der Waals surface area contributed by atoms with E-state index >= 15 is 0 Å². The van der Waals surface area contributed by atoms with Crippen LogP contribution in [0.25, 0.3) is 0 Å². The molecule has 5 rings (SSSR count). The van der Waals surface area contributed by atoms with Crippen molar-refractivity contribution in [3.05, 3.63) is 30.1 Å². The molecule has 1 amide bonds. The maximum atomic E-state index is 12.7. The Morgan fingerprint density at radius 3 is 2.56 bits per heavy atom. The zero-order chi connectivity index (χ0) is 18.3. The van der Waals surface area contributed by atoms with Gasteiger partial charge in [-0.15, -0.1) is 0 Å². The van der Waals surface area contributed by atoms with E-state index in [1.165, 1.54) is 51.6 Å². The summed E-state index contributed by atoms with van der Waals surface area (Å²) in [5.74, 6) is 2.46. The van der Waals surface area contributed by atoms with Crippen LogP contribution in [-0.4, -0.2) is 65.6 Å². The first kappa shape index (κ1) is 17.6. The van der Waals surface area contributed by atoms with Gasteiger partial charge >= 0.3 is 0 Å². The summed E-state index contributed by atoms with van der Waals surface area (Å²) in [6.45, 7) is 5.96. The summed E-state index contributed by atoms with van der Waals surface area (Å²) in [6, 6.07) is 5.58. The van der Waals surface area contributed by atoms with Crippen molar-refractivity contribution in [3.63, 3.8) is 0 Å². The highest BCUT2D eigenvalue weighted by atomic mass is 16.5. The fourth-order valence-corrected chi connectivity index (χ4v) is 4.86. The summed E-state index contributed by atoms with van der Waals surface area (Å²) in [5.41, 5.74) is 0.750. The van der Waals surface area contributed by atoms with Crippen molar-refractivity contribution in [1.82, 2.24) is 14.8 Å². The maximum Gasteiger partial charge on any atom is 0.272 e. The zero-order valence-corrected chi connectivity index (χ0v) is 16.2. The van der Waals surface area contributed by atoms with Gasteiger partial charge in [0.1, 0.15) is 5.69 Å². The lowest BCUT2D eigenvalue weighted by Crippen LogP contribution is -2.73. The van der Waals surface area contributed by atoms with Crippen molar-refractivity contribution in [2.45, 2.75) is 44.1 Å².